The fourth-order valence-corrected chi connectivity index (χ4v) is 10.3. The molecule has 17 heteroatoms. The van der Waals surface area contributed by atoms with Crippen LogP contribution in [0, 0.1) is 0 Å². The van der Waals surface area contributed by atoms with E-state index in [0.717, 1.165) is 109 Å². The van der Waals surface area contributed by atoms with E-state index in [1.54, 1.807) is 0 Å². The number of urea groups is 1. The summed E-state index contributed by atoms with van der Waals surface area (Å²) in [5.41, 5.74) is 17.3. The second kappa shape index (κ2) is 29.0. The largest absolute Gasteiger partial charge is 0.399 e. The van der Waals surface area contributed by atoms with E-state index in [1.807, 2.05) is 36.0 Å². The smallest absolute Gasteiger partial charge is 0.315 e. The monoisotopic (exact) mass is 958 g/mol. The third kappa shape index (κ3) is 17.1. The molecule has 6 rings (SSSR count). The first-order valence-electron chi connectivity index (χ1n) is 24.6. The maximum absolute atomic E-state index is 12.5. The molecule has 0 bridgehead atoms. The summed E-state index contributed by atoms with van der Waals surface area (Å²) in [6.45, 7) is 5.75. The zero-order valence-electron chi connectivity index (χ0n) is 39.5. The number of nitrogens with two attached hydrogens (primary N) is 2. The zero-order chi connectivity index (χ0) is 47.8. The first kappa shape index (κ1) is 52.2. The van der Waals surface area contributed by atoms with Crippen molar-refractivity contribution in [1.82, 2.24) is 26.6 Å². The van der Waals surface area contributed by atoms with E-state index in [-0.39, 0.29) is 35.8 Å². The van der Waals surface area contributed by atoms with Gasteiger partial charge in [-0.1, -0.05) is 30.7 Å². The van der Waals surface area contributed by atoms with E-state index in [1.165, 1.54) is 0 Å². The van der Waals surface area contributed by atoms with Crippen LogP contribution in [0.5, 0.6) is 0 Å². The summed E-state index contributed by atoms with van der Waals surface area (Å²) in [5.74, 6) is 1.02. The molecule has 0 saturated carbocycles. The molecule has 4 aromatic rings. The van der Waals surface area contributed by atoms with Gasteiger partial charge in [0.15, 0.2) is 0 Å². The molecule has 3 unspecified atom stereocenters. The summed E-state index contributed by atoms with van der Waals surface area (Å²) in [6, 6.07) is 22.9. The Morgan fingerprint density at radius 2 is 1.19 bits per heavy atom. The maximum atomic E-state index is 12.5. The van der Waals surface area contributed by atoms with Gasteiger partial charge in [-0.3, -0.25) is 14.4 Å². The molecule has 3 heterocycles. The highest BCUT2D eigenvalue weighted by Crippen LogP contribution is 2.34. The molecule has 0 spiro atoms. The zero-order valence-corrected chi connectivity index (χ0v) is 40.4. The minimum absolute atomic E-state index is 0.0185. The summed E-state index contributed by atoms with van der Waals surface area (Å²) >= 11 is 1.90. The van der Waals surface area contributed by atoms with Crippen LogP contribution in [-0.2, 0) is 39.9 Å². The molecule has 9 N–H and O–H groups in total. The number of fused-ring (bicyclic) bond motifs is 4. The Morgan fingerprint density at radius 3 is 1.90 bits per heavy atom. The molecule has 68 heavy (non-hydrogen) atoms. The topological polar surface area (TPSA) is 221 Å². The molecule has 2 saturated heterocycles. The summed E-state index contributed by atoms with van der Waals surface area (Å²) in [5, 5.41) is 18.6. The molecular formula is C51H73N8O8S+. The van der Waals surface area contributed by atoms with Gasteiger partial charge in [0.1, 0.15) is 6.54 Å². The first-order valence-corrected chi connectivity index (χ1v) is 25.6. The van der Waals surface area contributed by atoms with Crippen molar-refractivity contribution in [1.29, 1.82) is 0 Å². The molecule has 0 radical (unpaired) electrons. The lowest BCUT2D eigenvalue weighted by atomic mass is 9.98. The van der Waals surface area contributed by atoms with Gasteiger partial charge in [-0.05, 0) is 81.3 Å². The number of nitrogens with one attached hydrogen (secondary N) is 5. The molecule has 2 aliphatic heterocycles. The van der Waals surface area contributed by atoms with E-state index in [9.17, 15) is 19.2 Å². The number of amides is 5. The van der Waals surface area contributed by atoms with Crippen LogP contribution in [0.1, 0.15) is 77.0 Å². The van der Waals surface area contributed by atoms with Gasteiger partial charge in [-0.15, -0.1) is 0 Å². The highest BCUT2D eigenvalue weighted by atomic mass is 32.2. The molecule has 2 fully saturated rings. The number of carbonyl (C=O) groups is 4. The van der Waals surface area contributed by atoms with Crippen molar-refractivity contribution in [3.63, 3.8) is 0 Å². The summed E-state index contributed by atoms with van der Waals surface area (Å²) in [6.07, 6.45) is 9.36. The van der Waals surface area contributed by atoms with E-state index < -0.39 is 0 Å². The second-order valence-corrected chi connectivity index (χ2v) is 18.7. The third-order valence-electron chi connectivity index (χ3n) is 12.2. The van der Waals surface area contributed by atoms with Gasteiger partial charge in [-0.2, -0.15) is 16.3 Å². The number of aryl methyl sites for hydroxylation is 1. The highest BCUT2D eigenvalue weighted by molar-refractivity contribution is 8.00. The molecule has 2 aliphatic rings. The number of hydrogen-bond donors (Lipinski definition) is 7. The molecule has 1 aromatic heterocycles. The fraction of sp³-hybridized carbons (Fsp3) is 0.549. The number of unbranched alkanes of at least 4 members (excludes halogenated alkanes) is 5. The Kier molecular flexibility index (Phi) is 22.2. The van der Waals surface area contributed by atoms with Crippen molar-refractivity contribution in [2.45, 2.75) is 101 Å². The standard InChI is InChI=1S/C51H72N8O8S/c52-38-17-19-40-41-20-18-39(53)35-44(41)59(50(42(40)34-38)37-12-4-1-5-13-37)25-11-2-6-15-47(61)56-24-27-65-29-31-67-33-32-66-30-28-64-26-21-48(62)55-23-10-3-9-22-54-46(60)16-8-7-14-45-49-43(36-68-45)57-51(63)58-49/h1,4-5,12-13,17-20,34-35,43,45,49,53H,2-3,6-11,14-16,21-33,36,52H2,(H5,54,55,56,57,58,60,61,62,63)/p+1. The number of ether oxygens (including phenoxy) is 4. The lowest BCUT2D eigenvalue weighted by molar-refractivity contribution is -0.659. The van der Waals surface area contributed by atoms with E-state index >= 15 is 0 Å². The number of benzene rings is 3. The predicted octanol–water partition coefficient (Wildman–Crippen LogP) is 5.37. The van der Waals surface area contributed by atoms with Gasteiger partial charge in [-0.25, -0.2) is 4.79 Å². The molecule has 3 aromatic carbocycles. The van der Waals surface area contributed by atoms with Crippen LogP contribution in [0.2, 0.25) is 0 Å². The number of thioether (sulfide) groups is 1. The number of rotatable bonds is 33. The Labute approximate surface area is 405 Å². The quantitative estimate of drug-likeness (QED) is 0.0106. The summed E-state index contributed by atoms with van der Waals surface area (Å²) in [4.78, 5) is 48.3. The molecule has 16 nitrogen and oxygen atoms in total. The predicted molar refractivity (Wildman–Crippen MR) is 269 cm³/mol. The fourth-order valence-electron chi connectivity index (χ4n) is 8.74. The normalized spacial score (nSPS) is 16.4. The lowest BCUT2D eigenvalue weighted by Gasteiger charge is -2.16. The number of aromatic nitrogens is 1. The molecule has 5 amide bonds. The Bertz CT molecular complexity index is 2220. The number of nitrogen functional groups attached to an aromatic ring is 2. The first-order chi connectivity index (χ1) is 33.3. The summed E-state index contributed by atoms with van der Waals surface area (Å²) < 4.78 is 24.6. The van der Waals surface area contributed by atoms with E-state index in [0.29, 0.717) is 103 Å². The van der Waals surface area contributed by atoms with Crippen molar-refractivity contribution in [2.75, 3.05) is 89.7 Å². The van der Waals surface area contributed by atoms with Crippen LogP contribution in [0.25, 0.3) is 32.9 Å². The molecule has 0 aliphatic carbocycles. The van der Waals surface area contributed by atoms with Crippen molar-refractivity contribution in [3.05, 3.63) is 66.7 Å². The van der Waals surface area contributed by atoms with Gasteiger partial charge in [0.2, 0.25) is 28.9 Å². The van der Waals surface area contributed by atoms with Crippen molar-refractivity contribution in [2.24, 2.45) is 0 Å². The number of hydrogen-bond acceptors (Lipinski definition) is 11. The second-order valence-electron chi connectivity index (χ2n) is 17.4. The van der Waals surface area contributed by atoms with Crippen LogP contribution in [0.4, 0.5) is 16.2 Å². The molecule has 3 atom stereocenters. The Morgan fingerprint density at radius 1 is 0.603 bits per heavy atom. The van der Waals surface area contributed by atoms with Crippen LogP contribution >= 0.6 is 11.8 Å². The number of carbonyl (C=O) groups excluding carboxylic acids is 4. The van der Waals surface area contributed by atoms with E-state index in [2.05, 4.69) is 73.6 Å². The Balaban J connectivity index is 0.685. The average molecular weight is 958 g/mol. The number of nitrogens with zero attached hydrogens (tertiary/aromatic N) is 1. The van der Waals surface area contributed by atoms with Gasteiger partial charge >= 0.3 is 6.03 Å². The average Bonchev–Trinajstić information content (AvgIpc) is 3.90. The molecule has 370 valence electrons. The van der Waals surface area contributed by atoms with Crippen LogP contribution in [0.3, 0.4) is 0 Å². The van der Waals surface area contributed by atoms with Crippen molar-refractivity contribution < 1.29 is 42.7 Å². The van der Waals surface area contributed by atoms with Crippen LogP contribution < -0.4 is 42.6 Å². The minimum atomic E-state index is -0.0630. The van der Waals surface area contributed by atoms with Crippen molar-refractivity contribution >= 4 is 68.6 Å². The van der Waals surface area contributed by atoms with E-state index in [4.69, 9.17) is 30.4 Å². The Hall–Kier alpha value is -5.20. The van der Waals surface area contributed by atoms with Crippen LogP contribution in [-0.4, -0.2) is 119 Å². The lowest BCUT2D eigenvalue weighted by Crippen LogP contribution is -2.38. The maximum Gasteiger partial charge on any atom is 0.315 e. The summed E-state index contributed by atoms with van der Waals surface area (Å²) in [7, 11) is 0. The number of anilines is 2. The van der Waals surface area contributed by atoms with Gasteiger partial charge in [0.05, 0.1) is 75.7 Å². The van der Waals surface area contributed by atoms with Gasteiger partial charge in [0, 0.05) is 84.7 Å². The van der Waals surface area contributed by atoms with Gasteiger partial charge < -0.3 is 57.0 Å². The molecular weight excluding hydrogens is 885 g/mol. The minimum Gasteiger partial charge on any atom is -0.399 e. The van der Waals surface area contributed by atoms with Crippen molar-refractivity contribution in [3.8, 4) is 11.3 Å². The van der Waals surface area contributed by atoms with Gasteiger partial charge in [0.25, 0.3) is 0 Å². The van der Waals surface area contributed by atoms with Crippen LogP contribution in [0.15, 0.2) is 66.7 Å². The highest BCUT2D eigenvalue weighted by Gasteiger charge is 2.42. The SMILES string of the molecule is Nc1ccc2c(c1)c(-c1ccccc1)[n+](CCCCCC(=O)NCCOCCOCCOCCOCCC(=O)NCCCCCNC(=O)CCCCC1SCC3NC(=O)NC31)c1cc(N)ccc21. The third-order valence-corrected chi connectivity index (χ3v) is 13.7. The number of pyridine rings is 1.